The van der Waals surface area contributed by atoms with E-state index in [9.17, 15) is 9.90 Å². The number of aromatic hydroxyl groups is 1. The summed E-state index contributed by atoms with van der Waals surface area (Å²) >= 11 is 7.63. The molecule has 0 radical (unpaired) electrons. The predicted octanol–water partition coefficient (Wildman–Crippen LogP) is 2.67. The Labute approximate surface area is 110 Å². The molecule has 2 rings (SSSR count). The summed E-state index contributed by atoms with van der Waals surface area (Å²) in [6, 6.07) is 4.75. The van der Waals surface area contributed by atoms with Crippen LogP contribution in [0.15, 0.2) is 18.2 Å². The van der Waals surface area contributed by atoms with Crippen molar-refractivity contribution in [3.8, 4) is 5.75 Å². The quantitative estimate of drug-likeness (QED) is 0.869. The molecular weight excluding hydrogens is 258 g/mol. The molecule has 1 amide bonds. The lowest BCUT2D eigenvalue weighted by atomic mass is 10.1. The van der Waals surface area contributed by atoms with Gasteiger partial charge in [0.25, 0.3) is 5.91 Å². The summed E-state index contributed by atoms with van der Waals surface area (Å²) in [5, 5.41) is 12.5. The number of carbonyl (C=O) groups excluding carboxylic acids is 1. The fraction of sp³-hybridized carbons (Fsp3) is 0.417. The number of benzene rings is 1. The van der Waals surface area contributed by atoms with Crippen LogP contribution in [0.25, 0.3) is 0 Å². The maximum Gasteiger partial charge on any atom is 0.251 e. The Kier molecular flexibility index (Phi) is 4.18. The number of nitrogens with one attached hydrogen (secondary N) is 1. The van der Waals surface area contributed by atoms with Crippen LogP contribution in [0.2, 0.25) is 5.02 Å². The summed E-state index contributed by atoms with van der Waals surface area (Å²) < 4.78 is 0. The Morgan fingerprint density at radius 3 is 3.00 bits per heavy atom. The topological polar surface area (TPSA) is 49.3 Å². The second-order valence-corrected chi connectivity index (χ2v) is 5.61. The number of amides is 1. The van der Waals surface area contributed by atoms with Gasteiger partial charge >= 0.3 is 0 Å². The number of rotatable bonds is 2. The van der Waals surface area contributed by atoms with E-state index in [4.69, 9.17) is 11.6 Å². The number of hydrogen-bond acceptors (Lipinski definition) is 3. The zero-order chi connectivity index (χ0) is 12.3. The molecule has 1 aromatic carbocycles. The fourth-order valence-electron chi connectivity index (χ4n) is 1.77. The van der Waals surface area contributed by atoms with Crippen LogP contribution >= 0.6 is 23.4 Å². The van der Waals surface area contributed by atoms with E-state index < -0.39 is 0 Å². The van der Waals surface area contributed by atoms with E-state index in [1.807, 2.05) is 11.8 Å². The average Bonchev–Trinajstić information content (AvgIpc) is 2.34. The third-order valence-electron chi connectivity index (χ3n) is 2.71. The van der Waals surface area contributed by atoms with E-state index in [0.717, 1.165) is 18.6 Å². The van der Waals surface area contributed by atoms with Crippen molar-refractivity contribution < 1.29 is 9.90 Å². The summed E-state index contributed by atoms with van der Waals surface area (Å²) in [4.78, 5) is 11.9. The van der Waals surface area contributed by atoms with Gasteiger partial charge < -0.3 is 10.4 Å². The molecule has 1 heterocycles. The van der Waals surface area contributed by atoms with Crippen LogP contribution in [0.5, 0.6) is 5.75 Å². The predicted molar refractivity (Wildman–Crippen MR) is 70.9 cm³/mol. The van der Waals surface area contributed by atoms with Gasteiger partial charge in [0, 0.05) is 17.4 Å². The SMILES string of the molecule is O=C(NC1CCCSC1)c1ccc(O)c(Cl)c1. The maximum atomic E-state index is 11.9. The number of carbonyl (C=O) groups is 1. The standard InChI is InChI=1S/C12H14ClNO2S/c13-10-6-8(3-4-11(10)15)12(16)14-9-2-1-5-17-7-9/h3-4,6,9,15H,1-2,5,7H2,(H,14,16). The smallest absolute Gasteiger partial charge is 0.251 e. The maximum absolute atomic E-state index is 11.9. The van der Waals surface area contributed by atoms with Gasteiger partial charge in [0.05, 0.1) is 5.02 Å². The van der Waals surface area contributed by atoms with Crippen LogP contribution in [-0.2, 0) is 0 Å². The third-order valence-corrected chi connectivity index (χ3v) is 4.22. The van der Waals surface area contributed by atoms with Gasteiger partial charge in [-0.25, -0.2) is 0 Å². The highest BCUT2D eigenvalue weighted by Gasteiger charge is 2.17. The van der Waals surface area contributed by atoms with Gasteiger partial charge in [-0.1, -0.05) is 11.6 Å². The largest absolute Gasteiger partial charge is 0.506 e. The molecule has 1 aromatic rings. The van der Waals surface area contributed by atoms with E-state index in [-0.39, 0.29) is 22.7 Å². The monoisotopic (exact) mass is 271 g/mol. The number of hydrogen-bond donors (Lipinski definition) is 2. The minimum Gasteiger partial charge on any atom is -0.506 e. The molecule has 17 heavy (non-hydrogen) atoms. The lowest BCUT2D eigenvalue weighted by Gasteiger charge is -2.22. The van der Waals surface area contributed by atoms with E-state index in [2.05, 4.69) is 5.32 Å². The molecule has 0 aromatic heterocycles. The molecule has 1 aliphatic heterocycles. The minimum atomic E-state index is -0.126. The average molecular weight is 272 g/mol. The second-order valence-electron chi connectivity index (χ2n) is 4.05. The van der Waals surface area contributed by atoms with Crippen LogP contribution in [0.1, 0.15) is 23.2 Å². The Hall–Kier alpha value is -0.870. The third kappa shape index (κ3) is 3.30. The first-order valence-electron chi connectivity index (χ1n) is 5.54. The first kappa shape index (κ1) is 12.6. The van der Waals surface area contributed by atoms with E-state index in [1.165, 1.54) is 17.9 Å². The van der Waals surface area contributed by atoms with Crippen molar-refractivity contribution >= 4 is 29.3 Å². The van der Waals surface area contributed by atoms with Crippen molar-refractivity contribution in [3.63, 3.8) is 0 Å². The molecule has 0 spiro atoms. The van der Waals surface area contributed by atoms with Gasteiger partial charge in [0.15, 0.2) is 0 Å². The molecule has 0 aliphatic carbocycles. The van der Waals surface area contributed by atoms with Gasteiger partial charge in [-0.2, -0.15) is 11.8 Å². The summed E-state index contributed by atoms with van der Waals surface area (Å²) in [7, 11) is 0. The Balaban J connectivity index is 2.01. The lowest BCUT2D eigenvalue weighted by molar-refractivity contribution is 0.0938. The number of phenols is 1. The van der Waals surface area contributed by atoms with Gasteiger partial charge in [-0.3, -0.25) is 4.79 Å². The molecule has 0 bridgehead atoms. The second kappa shape index (κ2) is 5.65. The van der Waals surface area contributed by atoms with Crippen LogP contribution in [-0.4, -0.2) is 28.6 Å². The molecule has 1 unspecified atom stereocenters. The van der Waals surface area contributed by atoms with Crippen molar-refractivity contribution in [3.05, 3.63) is 28.8 Å². The first-order valence-corrected chi connectivity index (χ1v) is 7.07. The molecule has 0 saturated carbocycles. The van der Waals surface area contributed by atoms with Crippen molar-refractivity contribution in [1.29, 1.82) is 0 Å². The van der Waals surface area contributed by atoms with Crippen molar-refractivity contribution in [2.75, 3.05) is 11.5 Å². The summed E-state index contributed by atoms with van der Waals surface area (Å²) in [6.07, 6.45) is 2.18. The van der Waals surface area contributed by atoms with Gasteiger partial charge in [0.2, 0.25) is 0 Å². The van der Waals surface area contributed by atoms with E-state index >= 15 is 0 Å². The van der Waals surface area contributed by atoms with Crippen LogP contribution in [0.3, 0.4) is 0 Å². The van der Waals surface area contributed by atoms with Gasteiger partial charge in [-0.05, 0) is 36.8 Å². The highest BCUT2D eigenvalue weighted by molar-refractivity contribution is 7.99. The molecule has 1 aliphatic rings. The first-order chi connectivity index (χ1) is 8.16. The molecule has 2 N–H and O–H groups in total. The van der Waals surface area contributed by atoms with Crippen LogP contribution in [0, 0.1) is 0 Å². The fourth-order valence-corrected chi connectivity index (χ4v) is 3.02. The van der Waals surface area contributed by atoms with Gasteiger partial charge in [0.1, 0.15) is 5.75 Å². The molecule has 3 nitrogen and oxygen atoms in total. The Morgan fingerprint density at radius 1 is 1.53 bits per heavy atom. The molecule has 1 fully saturated rings. The lowest BCUT2D eigenvalue weighted by Crippen LogP contribution is -2.38. The normalized spacial score (nSPS) is 19.9. The highest BCUT2D eigenvalue weighted by Crippen LogP contribution is 2.24. The Morgan fingerprint density at radius 2 is 2.35 bits per heavy atom. The number of halogens is 1. The minimum absolute atomic E-state index is 0.00330. The van der Waals surface area contributed by atoms with Gasteiger partial charge in [-0.15, -0.1) is 0 Å². The van der Waals surface area contributed by atoms with Crippen LogP contribution < -0.4 is 5.32 Å². The molecule has 92 valence electrons. The summed E-state index contributed by atoms with van der Waals surface area (Å²) in [5.74, 6) is 2.02. The Bertz CT molecular complexity index is 419. The summed E-state index contributed by atoms with van der Waals surface area (Å²) in [6.45, 7) is 0. The highest BCUT2D eigenvalue weighted by atomic mass is 35.5. The summed E-state index contributed by atoms with van der Waals surface area (Å²) in [5.41, 5.74) is 0.489. The van der Waals surface area contributed by atoms with Crippen LogP contribution in [0.4, 0.5) is 0 Å². The molecule has 5 heteroatoms. The van der Waals surface area contributed by atoms with E-state index in [0.29, 0.717) is 5.56 Å². The molecule has 1 saturated heterocycles. The van der Waals surface area contributed by atoms with Crippen molar-refractivity contribution in [2.45, 2.75) is 18.9 Å². The zero-order valence-electron chi connectivity index (χ0n) is 9.28. The molecule has 1 atom stereocenters. The number of thioether (sulfide) groups is 1. The van der Waals surface area contributed by atoms with Crippen molar-refractivity contribution in [1.82, 2.24) is 5.32 Å². The zero-order valence-corrected chi connectivity index (χ0v) is 10.9. The molecular formula is C12H14ClNO2S. The van der Waals surface area contributed by atoms with E-state index in [1.54, 1.807) is 6.07 Å². The van der Waals surface area contributed by atoms with Crippen molar-refractivity contribution in [2.24, 2.45) is 0 Å². The number of phenolic OH excluding ortho intramolecular Hbond substituents is 1.